The highest BCUT2D eigenvalue weighted by atomic mass is 16.1. The minimum atomic E-state index is -0.214. The van der Waals surface area contributed by atoms with Gasteiger partial charge in [0, 0.05) is 18.8 Å². The molecule has 0 atom stereocenters. The van der Waals surface area contributed by atoms with E-state index in [1.165, 1.54) is 12.8 Å². The number of nitrogens with one attached hydrogen (secondary N) is 1. The highest BCUT2D eigenvalue weighted by Gasteiger charge is 2.45. The minimum Gasteiger partial charge on any atom is -0.383 e. The second kappa shape index (κ2) is 3.84. The van der Waals surface area contributed by atoms with Crippen molar-refractivity contribution < 1.29 is 0 Å². The van der Waals surface area contributed by atoms with E-state index in [1.807, 2.05) is 0 Å². The average Bonchev–Trinajstić information content (AvgIpc) is 2.27. The van der Waals surface area contributed by atoms with Gasteiger partial charge in [-0.25, -0.2) is 4.79 Å². The van der Waals surface area contributed by atoms with Crippen molar-refractivity contribution in [2.24, 2.45) is 5.41 Å². The summed E-state index contributed by atoms with van der Waals surface area (Å²) in [4.78, 5) is 15.5. The van der Waals surface area contributed by atoms with E-state index in [1.54, 1.807) is 16.8 Å². The summed E-state index contributed by atoms with van der Waals surface area (Å²) in [5, 5.41) is 3.45. The molecule has 0 aromatic carbocycles. The lowest BCUT2D eigenvalue weighted by molar-refractivity contribution is 0.0329. The number of piperidine rings is 1. The Morgan fingerprint density at radius 3 is 3.00 bits per heavy atom. The summed E-state index contributed by atoms with van der Waals surface area (Å²) in [5.74, 6) is 0.305. The van der Waals surface area contributed by atoms with Crippen LogP contribution in [-0.2, 0) is 0 Å². The van der Waals surface area contributed by atoms with Gasteiger partial charge in [0.1, 0.15) is 5.82 Å². The third-order valence-corrected chi connectivity index (χ3v) is 4.14. The van der Waals surface area contributed by atoms with Gasteiger partial charge in [-0.05, 0) is 43.7 Å². The molecule has 0 radical (unpaired) electrons. The molecule has 1 saturated carbocycles. The van der Waals surface area contributed by atoms with Crippen molar-refractivity contribution in [1.29, 1.82) is 0 Å². The maximum absolute atomic E-state index is 11.7. The Balaban J connectivity index is 1.74. The molecule has 1 spiro atoms. The molecule has 92 valence electrons. The van der Waals surface area contributed by atoms with Crippen molar-refractivity contribution >= 4 is 5.82 Å². The minimum absolute atomic E-state index is 0.214. The van der Waals surface area contributed by atoms with Gasteiger partial charge < -0.3 is 11.1 Å². The van der Waals surface area contributed by atoms with Gasteiger partial charge in [-0.1, -0.05) is 0 Å². The molecule has 3 N–H and O–H groups in total. The maximum atomic E-state index is 11.7. The molecule has 1 aromatic rings. The number of hydrogen-bond donors (Lipinski definition) is 2. The number of aromatic nitrogens is 2. The molecule has 1 aliphatic carbocycles. The molecule has 0 bridgehead atoms. The van der Waals surface area contributed by atoms with Crippen LogP contribution in [0.3, 0.4) is 0 Å². The van der Waals surface area contributed by atoms with Gasteiger partial charge in [0.15, 0.2) is 0 Å². The topological polar surface area (TPSA) is 72.9 Å². The number of nitrogens with two attached hydrogens (primary N) is 1. The third-order valence-electron chi connectivity index (χ3n) is 4.14. The summed E-state index contributed by atoms with van der Waals surface area (Å²) < 4.78 is 1.73. The summed E-state index contributed by atoms with van der Waals surface area (Å²) in [5.41, 5.74) is 5.71. The van der Waals surface area contributed by atoms with Crippen molar-refractivity contribution in [2.45, 2.75) is 31.7 Å². The molecule has 1 aromatic heterocycles. The van der Waals surface area contributed by atoms with Crippen molar-refractivity contribution in [3.8, 4) is 0 Å². The summed E-state index contributed by atoms with van der Waals surface area (Å²) in [6.07, 6.45) is 6.49. The second-order valence-electron chi connectivity index (χ2n) is 5.38. The third kappa shape index (κ3) is 1.84. The first-order valence-electron chi connectivity index (χ1n) is 6.24. The van der Waals surface area contributed by atoms with Gasteiger partial charge in [0.2, 0.25) is 0 Å². The number of anilines is 1. The lowest BCUT2D eigenvalue weighted by Gasteiger charge is -2.50. The quantitative estimate of drug-likeness (QED) is 0.743. The van der Waals surface area contributed by atoms with E-state index in [-0.39, 0.29) is 5.69 Å². The van der Waals surface area contributed by atoms with Gasteiger partial charge >= 0.3 is 5.69 Å². The fourth-order valence-electron chi connectivity index (χ4n) is 3.22. The number of nitrogens with zero attached hydrogens (tertiary/aromatic N) is 2. The van der Waals surface area contributed by atoms with Crippen molar-refractivity contribution in [2.75, 3.05) is 18.8 Å². The van der Waals surface area contributed by atoms with E-state index in [9.17, 15) is 4.79 Å². The molecule has 2 fully saturated rings. The molecular formula is C12H18N4O. The normalized spacial score (nSPS) is 32.4. The fraction of sp³-hybridized carbons (Fsp3) is 0.667. The Bertz CT molecular complexity index is 468. The zero-order valence-corrected chi connectivity index (χ0v) is 9.85. The predicted octanol–water partition coefficient (Wildman–Crippen LogP) is 0.530. The van der Waals surface area contributed by atoms with Crippen molar-refractivity contribution in [3.63, 3.8) is 0 Å². The van der Waals surface area contributed by atoms with Crippen molar-refractivity contribution in [3.05, 3.63) is 22.7 Å². The molecule has 1 saturated heterocycles. The van der Waals surface area contributed by atoms with Crippen LogP contribution in [0, 0.1) is 5.41 Å². The zero-order valence-electron chi connectivity index (χ0n) is 9.85. The van der Waals surface area contributed by atoms with E-state index in [0.29, 0.717) is 17.3 Å². The lowest BCUT2D eigenvalue weighted by Crippen LogP contribution is -2.50. The highest BCUT2D eigenvalue weighted by Crippen LogP contribution is 2.51. The largest absolute Gasteiger partial charge is 0.383 e. The van der Waals surface area contributed by atoms with Crippen LogP contribution < -0.4 is 16.7 Å². The monoisotopic (exact) mass is 234 g/mol. The molecule has 3 rings (SSSR count). The smallest absolute Gasteiger partial charge is 0.349 e. The molecule has 1 aliphatic heterocycles. The standard InChI is InChI=1S/C12H18N4O/c13-10-2-5-16(11(17)15-10)9-6-12(7-9)3-1-4-14-8-12/h2,5,9,14H,1,3-4,6-8H2,(H2,13,15,17). The number of rotatable bonds is 1. The molecule has 5 nitrogen and oxygen atoms in total. The van der Waals surface area contributed by atoms with Gasteiger partial charge in [-0.2, -0.15) is 4.98 Å². The van der Waals surface area contributed by atoms with Crippen LogP contribution in [0.15, 0.2) is 17.1 Å². The molecule has 2 heterocycles. The summed E-state index contributed by atoms with van der Waals surface area (Å²) >= 11 is 0. The Hall–Kier alpha value is -1.36. The Morgan fingerprint density at radius 2 is 2.35 bits per heavy atom. The van der Waals surface area contributed by atoms with Gasteiger partial charge in [0.05, 0.1) is 0 Å². The van der Waals surface area contributed by atoms with E-state index in [4.69, 9.17) is 5.73 Å². The lowest BCUT2D eigenvalue weighted by atomic mass is 9.62. The maximum Gasteiger partial charge on any atom is 0.349 e. The van der Waals surface area contributed by atoms with Crippen LogP contribution in [-0.4, -0.2) is 22.6 Å². The van der Waals surface area contributed by atoms with Gasteiger partial charge in [-0.3, -0.25) is 4.57 Å². The van der Waals surface area contributed by atoms with Crippen LogP contribution in [0.25, 0.3) is 0 Å². The SMILES string of the molecule is Nc1ccn(C2CC3(CCCNC3)C2)c(=O)n1. The second-order valence-corrected chi connectivity index (χ2v) is 5.38. The zero-order chi connectivity index (χ0) is 11.9. The predicted molar refractivity (Wildman–Crippen MR) is 65.7 cm³/mol. The van der Waals surface area contributed by atoms with Gasteiger partial charge in [-0.15, -0.1) is 0 Å². The Morgan fingerprint density at radius 1 is 1.53 bits per heavy atom. The van der Waals surface area contributed by atoms with E-state index in [0.717, 1.165) is 25.9 Å². The summed E-state index contributed by atoms with van der Waals surface area (Å²) in [6, 6.07) is 2.02. The average molecular weight is 234 g/mol. The molecule has 0 amide bonds. The Labute approximate surface area is 100 Å². The first kappa shape index (κ1) is 10.8. The van der Waals surface area contributed by atoms with Crippen LogP contribution >= 0.6 is 0 Å². The number of nitrogen functional groups attached to an aromatic ring is 1. The Kier molecular flexibility index (Phi) is 2.43. The molecule has 2 aliphatic rings. The molecular weight excluding hydrogens is 216 g/mol. The molecule has 5 heteroatoms. The van der Waals surface area contributed by atoms with Crippen LogP contribution in [0.5, 0.6) is 0 Å². The van der Waals surface area contributed by atoms with Crippen molar-refractivity contribution in [1.82, 2.24) is 14.9 Å². The van der Waals surface area contributed by atoms with E-state index in [2.05, 4.69) is 10.3 Å². The van der Waals surface area contributed by atoms with Crippen LogP contribution in [0.2, 0.25) is 0 Å². The van der Waals surface area contributed by atoms with Gasteiger partial charge in [0.25, 0.3) is 0 Å². The highest BCUT2D eigenvalue weighted by molar-refractivity contribution is 5.23. The first-order valence-corrected chi connectivity index (χ1v) is 6.24. The van der Waals surface area contributed by atoms with Crippen LogP contribution in [0.4, 0.5) is 5.82 Å². The van der Waals surface area contributed by atoms with Crippen LogP contribution in [0.1, 0.15) is 31.7 Å². The first-order chi connectivity index (χ1) is 8.19. The molecule has 0 unspecified atom stereocenters. The molecule has 17 heavy (non-hydrogen) atoms. The fourth-order valence-corrected chi connectivity index (χ4v) is 3.22. The van der Waals surface area contributed by atoms with E-state index < -0.39 is 0 Å². The summed E-state index contributed by atoms with van der Waals surface area (Å²) in [7, 11) is 0. The number of hydrogen-bond acceptors (Lipinski definition) is 4. The summed E-state index contributed by atoms with van der Waals surface area (Å²) in [6.45, 7) is 2.23. The van der Waals surface area contributed by atoms with E-state index >= 15 is 0 Å².